The van der Waals surface area contributed by atoms with E-state index in [2.05, 4.69) is 5.32 Å². The molecule has 2 rings (SSSR count). The molecule has 0 spiro atoms. The normalized spacial score (nSPS) is 12.8. The van der Waals surface area contributed by atoms with E-state index in [-0.39, 0.29) is 23.6 Å². The zero-order valence-corrected chi connectivity index (χ0v) is 19.5. The molecule has 162 valence electrons. The van der Waals surface area contributed by atoms with Crippen molar-refractivity contribution in [2.75, 3.05) is 12.3 Å². The Morgan fingerprint density at radius 1 is 1.03 bits per heavy atom. The van der Waals surface area contributed by atoms with Gasteiger partial charge in [-0.3, -0.25) is 9.59 Å². The van der Waals surface area contributed by atoms with Crippen LogP contribution in [-0.2, 0) is 16.0 Å². The predicted molar refractivity (Wildman–Crippen MR) is 126 cm³/mol. The molecule has 4 nitrogen and oxygen atoms in total. The second-order valence-corrected chi connectivity index (χ2v) is 8.79. The van der Waals surface area contributed by atoms with Gasteiger partial charge in [-0.25, -0.2) is 0 Å². The molecule has 30 heavy (non-hydrogen) atoms. The van der Waals surface area contributed by atoms with Crippen molar-refractivity contribution in [1.82, 2.24) is 10.2 Å². The Morgan fingerprint density at radius 3 is 2.30 bits per heavy atom. The molecule has 0 saturated carbocycles. The van der Waals surface area contributed by atoms with E-state index < -0.39 is 6.04 Å². The van der Waals surface area contributed by atoms with Crippen LogP contribution in [0.3, 0.4) is 0 Å². The second-order valence-electron chi connectivity index (χ2n) is 7.31. The average molecular weight is 447 g/mol. The standard InChI is InChI=1S/C24H31ClN2O2S/c1-4-18(3)26-24(29)22(5-2)27(16-15-19-9-7-6-8-10-19)23(28)17-30-21-13-11-20(25)12-14-21/h6-14,18,22H,4-5,15-17H2,1-3H3,(H,26,29). The van der Waals surface area contributed by atoms with Gasteiger partial charge in [-0.2, -0.15) is 0 Å². The summed E-state index contributed by atoms with van der Waals surface area (Å²) in [6.07, 6.45) is 2.15. The van der Waals surface area contributed by atoms with E-state index in [1.165, 1.54) is 11.8 Å². The molecule has 0 radical (unpaired) electrons. The van der Waals surface area contributed by atoms with Gasteiger partial charge in [0, 0.05) is 22.5 Å². The van der Waals surface area contributed by atoms with Crippen molar-refractivity contribution < 1.29 is 9.59 Å². The van der Waals surface area contributed by atoms with Crippen molar-refractivity contribution in [3.8, 4) is 0 Å². The Hall–Kier alpha value is -1.98. The maximum Gasteiger partial charge on any atom is 0.243 e. The van der Waals surface area contributed by atoms with Crippen LogP contribution >= 0.6 is 23.4 Å². The van der Waals surface area contributed by atoms with Crippen molar-refractivity contribution in [3.05, 3.63) is 65.2 Å². The second kappa shape index (κ2) is 12.7. The predicted octanol–water partition coefficient (Wildman–Crippen LogP) is 5.20. The first-order valence-corrected chi connectivity index (χ1v) is 11.8. The summed E-state index contributed by atoms with van der Waals surface area (Å²) in [7, 11) is 0. The number of carbonyl (C=O) groups is 2. The molecule has 0 aliphatic heterocycles. The first-order chi connectivity index (χ1) is 14.4. The average Bonchev–Trinajstić information content (AvgIpc) is 2.76. The minimum absolute atomic E-state index is 0.0305. The third kappa shape index (κ3) is 7.69. The summed E-state index contributed by atoms with van der Waals surface area (Å²) in [5.74, 6) is 0.172. The van der Waals surface area contributed by atoms with E-state index in [0.29, 0.717) is 24.4 Å². The van der Waals surface area contributed by atoms with Crippen LogP contribution in [0, 0.1) is 0 Å². The highest BCUT2D eigenvalue weighted by Crippen LogP contribution is 2.21. The van der Waals surface area contributed by atoms with Crippen LogP contribution in [0.2, 0.25) is 5.02 Å². The summed E-state index contributed by atoms with van der Waals surface area (Å²) in [6, 6.07) is 17.1. The summed E-state index contributed by atoms with van der Waals surface area (Å²) in [4.78, 5) is 28.8. The molecule has 0 bridgehead atoms. The smallest absolute Gasteiger partial charge is 0.243 e. The maximum atomic E-state index is 13.2. The fourth-order valence-corrected chi connectivity index (χ4v) is 4.01. The number of halogens is 1. The zero-order valence-electron chi connectivity index (χ0n) is 17.9. The highest BCUT2D eigenvalue weighted by Gasteiger charge is 2.28. The fraction of sp³-hybridized carbons (Fsp3) is 0.417. The van der Waals surface area contributed by atoms with Crippen molar-refractivity contribution in [2.24, 2.45) is 0 Å². The third-order valence-corrected chi connectivity index (χ3v) is 6.30. The number of benzene rings is 2. The molecule has 2 aromatic carbocycles. The van der Waals surface area contributed by atoms with Gasteiger partial charge >= 0.3 is 0 Å². The molecule has 1 N–H and O–H groups in total. The highest BCUT2D eigenvalue weighted by atomic mass is 35.5. The molecule has 6 heteroatoms. The lowest BCUT2D eigenvalue weighted by Crippen LogP contribution is -2.52. The van der Waals surface area contributed by atoms with E-state index >= 15 is 0 Å². The summed E-state index contributed by atoms with van der Waals surface area (Å²) in [5, 5.41) is 3.71. The Labute approximate surface area is 189 Å². The Morgan fingerprint density at radius 2 is 1.70 bits per heavy atom. The summed E-state index contributed by atoms with van der Waals surface area (Å²) in [5.41, 5.74) is 1.15. The lowest BCUT2D eigenvalue weighted by Gasteiger charge is -2.31. The van der Waals surface area contributed by atoms with Gasteiger partial charge < -0.3 is 10.2 Å². The summed E-state index contributed by atoms with van der Waals surface area (Å²) < 4.78 is 0. The number of amides is 2. The van der Waals surface area contributed by atoms with Gasteiger partial charge in [0.05, 0.1) is 5.75 Å². The zero-order chi connectivity index (χ0) is 21.9. The monoisotopic (exact) mass is 446 g/mol. The highest BCUT2D eigenvalue weighted by molar-refractivity contribution is 8.00. The van der Waals surface area contributed by atoms with Gasteiger partial charge in [0.15, 0.2) is 0 Å². The van der Waals surface area contributed by atoms with Crippen LogP contribution in [0.25, 0.3) is 0 Å². The molecule has 0 saturated heterocycles. The lowest BCUT2D eigenvalue weighted by atomic mass is 10.1. The number of rotatable bonds is 11. The number of hydrogen-bond donors (Lipinski definition) is 1. The molecule has 2 amide bonds. The van der Waals surface area contributed by atoms with Gasteiger partial charge in [0.2, 0.25) is 11.8 Å². The number of hydrogen-bond acceptors (Lipinski definition) is 3. The largest absolute Gasteiger partial charge is 0.352 e. The van der Waals surface area contributed by atoms with E-state index in [0.717, 1.165) is 16.9 Å². The molecule has 0 fully saturated rings. The third-order valence-electron chi connectivity index (χ3n) is 5.05. The molecular weight excluding hydrogens is 416 g/mol. The number of thioether (sulfide) groups is 1. The molecular formula is C24H31ClN2O2S. The van der Waals surface area contributed by atoms with Crippen molar-refractivity contribution >= 4 is 35.2 Å². The topological polar surface area (TPSA) is 49.4 Å². The Bertz CT molecular complexity index is 799. The van der Waals surface area contributed by atoms with E-state index in [9.17, 15) is 9.59 Å². The molecule has 0 aliphatic rings. The van der Waals surface area contributed by atoms with Gasteiger partial charge in [-0.15, -0.1) is 11.8 Å². The molecule has 2 unspecified atom stereocenters. The van der Waals surface area contributed by atoms with Crippen LogP contribution in [0.15, 0.2) is 59.5 Å². The van der Waals surface area contributed by atoms with Gasteiger partial charge in [0.1, 0.15) is 6.04 Å². The van der Waals surface area contributed by atoms with Crippen LogP contribution in [0.1, 0.15) is 39.2 Å². The fourth-order valence-electron chi connectivity index (χ4n) is 3.10. The van der Waals surface area contributed by atoms with Crippen molar-refractivity contribution in [2.45, 2.75) is 57.0 Å². The lowest BCUT2D eigenvalue weighted by molar-refractivity contribution is -0.139. The molecule has 2 aromatic rings. The molecule has 2 atom stereocenters. The molecule has 0 aromatic heterocycles. The quantitative estimate of drug-likeness (QED) is 0.483. The van der Waals surface area contributed by atoms with Crippen LogP contribution in [0.5, 0.6) is 0 Å². The number of carbonyl (C=O) groups excluding carboxylic acids is 2. The Balaban J connectivity index is 2.11. The minimum atomic E-state index is -0.471. The molecule has 0 aliphatic carbocycles. The van der Waals surface area contributed by atoms with Crippen molar-refractivity contribution in [3.63, 3.8) is 0 Å². The van der Waals surface area contributed by atoms with E-state index in [4.69, 9.17) is 11.6 Å². The van der Waals surface area contributed by atoms with Crippen LogP contribution in [-0.4, -0.2) is 41.1 Å². The number of nitrogens with one attached hydrogen (secondary N) is 1. The maximum absolute atomic E-state index is 13.2. The minimum Gasteiger partial charge on any atom is -0.352 e. The van der Waals surface area contributed by atoms with E-state index in [1.807, 2.05) is 75.4 Å². The SMILES string of the molecule is CCC(C)NC(=O)C(CC)N(CCc1ccccc1)C(=O)CSc1ccc(Cl)cc1. The van der Waals surface area contributed by atoms with Crippen molar-refractivity contribution in [1.29, 1.82) is 0 Å². The van der Waals surface area contributed by atoms with Gasteiger partial charge in [-0.1, -0.05) is 55.8 Å². The first kappa shape index (κ1) is 24.3. The van der Waals surface area contributed by atoms with Crippen LogP contribution < -0.4 is 5.32 Å². The Kier molecular flexibility index (Phi) is 10.2. The summed E-state index contributed by atoms with van der Waals surface area (Å²) >= 11 is 7.41. The summed E-state index contributed by atoms with van der Waals surface area (Å²) in [6.45, 7) is 6.48. The van der Waals surface area contributed by atoms with Crippen LogP contribution in [0.4, 0.5) is 0 Å². The van der Waals surface area contributed by atoms with E-state index in [1.54, 1.807) is 4.90 Å². The first-order valence-electron chi connectivity index (χ1n) is 10.5. The molecule has 0 heterocycles. The van der Waals surface area contributed by atoms with Gasteiger partial charge in [-0.05, 0) is 56.0 Å². The van der Waals surface area contributed by atoms with Gasteiger partial charge in [0.25, 0.3) is 0 Å². The number of nitrogens with zero attached hydrogens (tertiary/aromatic N) is 1.